The van der Waals surface area contributed by atoms with Gasteiger partial charge in [-0.2, -0.15) is 0 Å². The first-order valence-electron chi connectivity index (χ1n) is 17.5. The lowest BCUT2D eigenvalue weighted by Crippen LogP contribution is -2.31. The number of imidazole rings is 2. The van der Waals surface area contributed by atoms with Gasteiger partial charge in [0, 0.05) is 60.6 Å². The Bertz CT molecular complexity index is 2090. The van der Waals surface area contributed by atoms with E-state index in [0.717, 1.165) is 84.4 Å². The van der Waals surface area contributed by atoms with Gasteiger partial charge in [0.25, 0.3) is 11.8 Å². The zero-order valence-electron chi connectivity index (χ0n) is 29.9. The summed E-state index contributed by atoms with van der Waals surface area (Å²) in [5.41, 5.74) is 8.66. The second kappa shape index (κ2) is 15.4. The quantitative estimate of drug-likeness (QED) is 0.123. The van der Waals surface area contributed by atoms with Crippen molar-refractivity contribution >= 4 is 65.7 Å². The normalized spacial score (nSPS) is 11.5. The van der Waals surface area contributed by atoms with Crippen molar-refractivity contribution in [3.8, 4) is 22.8 Å². The largest absolute Gasteiger partial charge is 0.338 e. The second-order valence-corrected chi connectivity index (χ2v) is 13.9. The highest BCUT2D eigenvalue weighted by atomic mass is 79.9. The molecule has 0 aliphatic heterocycles. The first-order valence-corrected chi connectivity index (χ1v) is 19.1. The zero-order chi connectivity index (χ0) is 36.4. The Kier molecular flexibility index (Phi) is 11.0. The molecule has 2 amide bonds. The third-order valence-corrected chi connectivity index (χ3v) is 10.7. The lowest BCUT2D eigenvalue weighted by atomic mass is 10.0. The van der Waals surface area contributed by atoms with Gasteiger partial charge in [-0.25, -0.2) is 9.97 Å². The summed E-state index contributed by atoms with van der Waals surface area (Å²) in [6.45, 7) is 16.1. The minimum absolute atomic E-state index is 0.0839. The SMILES string of the molecule is CCN(CC)C(=O)c1cc(Br)c(-c2nc3cc(Cc4ccc5c(c4)nc(-c4cnc(C(=O)N(CC)CC)cc4Br)n5CC)ccc3n2CC)cn1. The number of aryl methyl sites for hydroxylation is 2. The van der Waals surface area contributed by atoms with Gasteiger partial charge in [0.2, 0.25) is 0 Å². The molecule has 0 saturated carbocycles. The molecule has 12 heteroatoms. The van der Waals surface area contributed by atoms with E-state index in [2.05, 4.69) is 101 Å². The van der Waals surface area contributed by atoms with Crippen molar-refractivity contribution in [3.05, 3.63) is 92.4 Å². The molecule has 51 heavy (non-hydrogen) atoms. The second-order valence-electron chi connectivity index (χ2n) is 12.2. The van der Waals surface area contributed by atoms with E-state index in [9.17, 15) is 9.59 Å². The summed E-state index contributed by atoms with van der Waals surface area (Å²) in [7, 11) is 0. The highest BCUT2D eigenvalue weighted by Gasteiger charge is 2.21. The summed E-state index contributed by atoms with van der Waals surface area (Å²) < 4.78 is 5.92. The number of hydrogen-bond donors (Lipinski definition) is 0. The fourth-order valence-corrected chi connectivity index (χ4v) is 7.62. The lowest BCUT2D eigenvalue weighted by molar-refractivity contribution is 0.0759. The fraction of sp³-hybridized carbons (Fsp3) is 0.333. The summed E-state index contributed by atoms with van der Waals surface area (Å²) in [4.78, 5) is 48.5. The number of carbonyl (C=O) groups is 2. The molecule has 264 valence electrons. The summed E-state index contributed by atoms with van der Waals surface area (Å²) >= 11 is 7.40. The maximum absolute atomic E-state index is 12.9. The van der Waals surface area contributed by atoms with Gasteiger partial charge in [0.05, 0.1) is 33.2 Å². The molecule has 0 radical (unpaired) electrons. The number of halogens is 2. The van der Waals surface area contributed by atoms with Crippen molar-refractivity contribution in [2.24, 2.45) is 0 Å². The first-order chi connectivity index (χ1) is 24.6. The number of pyridine rings is 2. The molecule has 6 aromatic rings. The maximum atomic E-state index is 12.9. The number of rotatable bonds is 12. The molecule has 0 atom stereocenters. The monoisotopic (exact) mass is 812 g/mol. The van der Waals surface area contributed by atoms with Gasteiger partial charge in [-0.1, -0.05) is 12.1 Å². The van der Waals surface area contributed by atoms with Crippen molar-refractivity contribution in [3.63, 3.8) is 0 Å². The van der Waals surface area contributed by atoms with Gasteiger partial charge in [-0.3, -0.25) is 19.6 Å². The molecule has 10 nitrogen and oxygen atoms in total. The lowest BCUT2D eigenvalue weighted by Gasteiger charge is -2.18. The Balaban J connectivity index is 1.29. The van der Waals surface area contributed by atoms with Crippen LogP contribution in [0.3, 0.4) is 0 Å². The Labute approximate surface area is 315 Å². The van der Waals surface area contributed by atoms with Crippen LogP contribution in [0.2, 0.25) is 0 Å². The van der Waals surface area contributed by atoms with E-state index < -0.39 is 0 Å². The van der Waals surface area contributed by atoms with E-state index in [4.69, 9.17) is 9.97 Å². The Hall–Kier alpha value is -4.42. The average Bonchev–Trinajstić information content (AvgIpc) is 3.69. The Morgan fingerprint density at radius 1 is 0.608 bits per heavy atom. The third-order valence-electron chi connectivity index (χ3n) is 9.39. The smallest absolute Gasteiger partial charge is 0.272 e. The fourth-order valence-electron chi connectivity index (χ4n) is 6.63. The van der Waals surface area contributed by atoms with Crippen molar-refractivity contribution in [1.82, 2.24) is 38.9 Å². The molecule has 0 spiro atoms. The number of carbonyl (C=O) groups excluding carboxylic acids is 2. The van der Waals surface area contributed by atoms with E-state index in [1.807, 2.05) is 27.7 Å². The Morgan fingerprint density at radius 3 is 1.33 bits per heavy atom. The molecule has 0 fully saturated rings. The summed E-state index contributed by atoms with van der Waals surface area (Å²) in [5, 5.41) is 0. The number of hydrogen-bond acceptors (Lipinski definition) is 6. The predicted octanol–water partition coefficient (Wildman–Crippen LogP) is 8.63. The average molecular weight is 815 g/mol. The zero-order valence-corrected chi connectivity index (χ0v) is 33.0. The molecule has 0 aliphatic rings. The Morgan fingerprint density at radius 2 is 1.00 bits per heavy atom. The van der Waals surface area contributed by atoms with E-state index in [0.29, 0.717) is 37.6 Å². The van der Waals surface area contributed by atoms with Crippen LogP contribution < -0.4 is 0 Å². The van der Waals surface area contributed by atoms with Crippen LogP contribution in [-0.2, 0) is 19.5 Å². The number of aromatic nitrogens is 6. The van der Waals surface area contributed by atoms with Crippen molar-refractivity contribution in [2.75, 3.05) is 26.2 Å². The molecular formula is C39H42Br2N8O2. The van der Waals surface area contributed by atoms with Crippen LogP contribution in [0.5, 0.6) is 0 Å². The summed E-state index contributed by atoms with van der Waals surface area (Å²) in [6.07, 6.45) is 4.20. The minimum Gasteiger partial charge on any atom is -0.338 e. The van der Waals surface area contributed by atoms with Crippen LogP contribution in [0.15, 0.2) is 69.9 Å². The third kappa shape index (κ3) is 6.95. The highest BCUT2D eigenvalue weighted by molar-refractivity contribution is 9.11. The summed E-state index contributed by atoms with van der Waals surface area (Å²) in [5.74, 6) is 1.44. The van der Waals surface area contributed by atoms with Gasteiger partial charge in [0.15, 0.2) is 0 Å². The minimum atomic E-state index is -0.0839. The molecule has 0 N–H and O–H groups in total. The molecule has 6 rings (SSSR count). The summed E-state index contributed by atoms with van der Waals surface area (Å²) in [6, 6.07) is 16.5. The topological polar surface area (TPSA) is 102 Å². The highest BCUT2D eigenvalue weighted by Crippen LogP contribution is 2.33. The first kappa shape index (κ1) is 36.4. The van der Waals surface area contributed by atoms with Crippen LogP contribution in [0.4, 0.5) is 0 Å². The van der Waals surface area contributed by atoms with Crippen molar-refractivity contribution in [2.45, 2.75) is 61.1 Å². The van der Waals surface area contributed by atoms with Crippen molar-refractivity contribution < 1.29 is 9.59 Å². The molecule has 0 saturated heterocycles. The van der Waals surface area contributed by atoms with E-state index >= 15 is 0 Å². The molecule has 2 aromatic carbocycles. The van der Waals surface area contributed by atoms with E-state index in [1.54, 1.807) is 34.3 Å². The number of amides is 2. The van der Waals surface area contributed by atoms with Crippen LogP contribution >= 0.6 is 31.9 Å². The van der Waals surface area contributed by atoms with Crippen molar-refractivity contribution in [1.29, 1.82) is 0 Å². The molecular weight excluding hydrogens is 772 g/mol. The number of benzene rings is 2. The molecule has 0 aliphatic carbocycles. The van der Waals surface area contributed by atoms with Gasteiger partial charge in [-0.05, 0) is 127 Å². The maximum Gasteiger partial charge on any atom is 0.272 e. The van der Waals surface area contributed by atoms with Gasteiger partial charge in [0.1, 0.15) is 23.0 Å². The number of nitrogens with zero attached hydrogens (tertiary/aromatic N) is 8. The van der Waals surface area contributed by atoms with Crippen LogP contribution in [-0.4, -0.2) is 76.9 Å². The molecule has 0 bridgehead atoms. The molecule has 4 aromatic heterocycles. The van der Waals surface area contributed by atoms with E-state index in [-0.39, 0.29) is 11.8 Å². The molecule has 4 heterocycles. The standard InChI is InChI=1S/C39H42Br2N8O2/c1-7-46(8-2)38(50)32-20-28(40)26(22-42-32)36-44-30-18-24(13-15-34(30)48(36)11-5)17-25-14-16-35-31(19-25)45-37(49(35)12-6)27-23-43-33(21-29(27)41)39(51)47(9-3)10-4/h13-16,18-23H,7-12,17H2,1-6H3. The van der Waals surface area contributed by atoms with Crippen LogP contribution in [0.25, 0.3) is 44.8 Å². The predicted molar refractivity (Wildman–Crippen MR) is 210 cm³/mol. The van der Waals surface area contributed by atoms with Crippen LogP contribution in [0, 0.1) is 0 Å². The van der Waals surface area contributed by atoms with Gasteiger partial charge in [-0.15, -0.1) is 0 Å². The van der Waals surface area contributed by atoms with Crippen LogP contribution in [0.1, 0.15) is 73.6 Å². The van der Waals surface area contributed by atoms with Gasteiger partial charge >= 0.3 is 0 Å². The van der Waals surface area contributed by atoms with E-state index in [1.165, 1.54) is 0 Å². The van der Waals surface area contributed by atoms with Gasteiger partial charge < -0.3 is 18.9 Å². The molecule has 0 unspecified atom stereocenters. The number of fused-ring (bicyclic) bond motifs is 2.